The molecule has 2 heterocycles. The molecule has 0 aromatic heterocycles. The van der Waals surface area contributed by atoms with Gasteiger partial charge in [-0.2, -0.15) is 0 Å². The van der Waals surface area contributed by atoms with Crippen molar-refractivity contribution in [3.63, 3.8) is 0 Å². The van der Waals surface area contributed by atoms with Crippen LogP contribution in [-0.4, -0.2) is 69.9 Å². The summed E-state index contributed by atoms with van der Waals surface area (Å²) in [5, 5.41) is 18.9. The van der Waals surface area contributed by atoms with Crippen LogP contribution in [0.3, 0.4) is 0 Å². The minimum atomic E-state index is -1.46. The molecular formula is C18H26N2O6. The molecule has 0 atom stereocenters. The van der Waals surface area contributed by atoms with E-state index in [2.05, 4.69) is 0 Å². The third kappa shape index (κ3) is 5.31. The zero-order chi connectivity index (χ0) is 19.1. The smallest absolute Gasteiger partial charge is 0.332 e. The van der Waals surface area contributed by atoms with Crippen molar-refractivity contribution in [2.75, 3.05) is 26.2 Å². The highest BCUT2D eigenvalue weighted by atomic mass is 16.4. The number of hydrogen-bond donors (Lipinski definition) is 2. The molecule has 144 valence electrons. The van der Waals surface area contributed by atoms with Crippen LogP contribution in [0.5, 0.6) is 0 Å². The van der Waals surface area contributed by atoms with Crippen molar-refractivity contribution >= 4 is 23.8 Å². The molecule has 2 rings (SSSR count). The molecule has 2 amide bonds. The molecule has 2 N–H and O–H groups in total. The molecule has 0 aliphatic carbocycles. The highest BCUT2D eigenvalue weighted by Gasteiger charge is 2.28. The van der Waals surface area contributed by atoms with Crippen molar-refractivity contribution in [2.45, 2.75) is 51.4 Å². The van der Waals surface area contributed by atoms with E-state index in [-0.39, 0.29) is 0 Å². The Hall–Kier alpha value is -2.38. The number of nitrogens with zero attached hydrogens (tertiary/aromatic N) is 2. The summed E-state index contributed by atoms with van der Waals surface area (Å²) in [6.07, 6.45) is 4.49. The largest absolute Gasteiger partial charge is 0.478 e. The maximum atomic E-state index is 12.4. The average Bonchev–Trinajstić information content (AvgIpc) is 2.65. The van der Waals surface area contributed by atoms with Gasteiger partial charge in [-0.3, -0.25) is 9.59 Å². The van der Waals surface area contributed by atoms with E-state index in [1.54, 1.807) is 9.80 Å². The summed E-state index contributed by atoms with van der Waals surface area (Å²) in [6, 6.07) is 0. The molecule has 0 unspecified atom stereocenters. The molecule has 0 spiro atoms. The number of carbonyl (C=O) groups is 4. The lowest BCUT2D eigenvalue weighted by Crippen LogP contribution is -2.37. The number of carbonyl (C=O) groups excluding carboxylic acids is 2. The zero-order valence-electron chi connectivity index (χ0n) is 14.9. The van der Waals surface area contributed by atoms with Gasteiger partial charge in [-0.05, 0) is 38.5 Å². The summed E-state index contributed by atoms with van der Waals surface area (Å²) in [4.78, 5) is 51.1. The molecule has 0 radical (unpaired) electrons. The fourth-order valence-corrected chi connectivity index (χ4v) is 3.44. The second-order valence-corrected chi connectivity index (χ2v) is 6.80. The summed E-state index contributed by atoms with van der Waals surface area (Å²) in [5.74, 6) is -3.71. The monoisotopic (exact) mass is 366 g/mol. The molecule has 2 fully saturated rings. The van der Waals surface area contributed by atoms with Gasteiger partial charge in [-0.25, -0.2) is 9.59 Å². The lowest BCUT2D eigenvalue weighted by Gasteiger charge is -2.28. The topological polar surface area (TPSA) is 115 Å². The van der Waals surface area contributed by atoms with Crippen LogP contribution in [0, 0.1) is 0 Å². The SMILES string of the molecule is O=C(O)/C(CC(=O)N1CCCCC1)=C(\CC(=O)N1CCCCC1)C(=O)O. The Bertz CT molecular complexity index is 549. The Labute approximate surface area is 152 Å². The van der Waals surface area contributed by atoms with Crippen LogP contribution in [0.2, 0.25) is 0 Å². The van der Waals surface area contributed by atoms with Gasteiger partial charge in [0, 0.05) is 26.2 Å². The Morgan fingerprint density at radius 2 is 0.885 bits per heavy atom. The van der Waals surface area contributed by atoms with E-state index in [9.17, 15) is 29.4 Å². The number of rotatable bonds is 6. The van der Waals surface area contributed by atoms with Gasteiger partial charge < -0.3 is 20.0 Å². The first-order valence-electron chi connectivity index (χ1n) is 9.14. The molecule has 0 aromatic rings. The van der Waals surface area contributed by atoms with E-state index >= 15 is 0 Å². The minimum absolute atomic E-state index is 0.397. The van der Waals surface area contributed by atoms with Crippen molar-refractivity contribution < 1.29 is 29.4 Å². The van der Waals surface area contributed by atoms with Gasteiger partial charge in [0.25, 0.3) is 0 Å². The van der Waals surface area contributed by atoms with E-state index < -0.39 is 47.7 Å². The summed E-state index contributed by atoms with van der Waals surface area (Å²) in [5.41, 5.74) is -0.975. The predicted octanol–water partition coefficient (Wildman–Crippen LogP) is 1.26. The molecular weight excluding hydrogens is 340 g/mol. The second kappa shape index (κ2) is 9.35. The van der Waals surface area contributed by atoms with Crippen LogP contribution >= 0.6 is 0 Å². The quantitative estimate of drug-likeness (QED) is 0.684. The molecule has 26 heavy (non-hydrogen) atoms. The van der Waals surface area contributed by atoms with Gasteiger partial charge in [0.2, 0.25) is 11.8 Å². The van der Waals surface area contributed by atoms with Gasteiger partial charge >= 0.3 is 11.9 Å². The molecule has 0 saturated carbocycles. The Morgan fingerprint density at radius 1 is 0.577 bits per heavy atom. The number of piperidine rings is 2. The Morgan fingerprint density at radius 3 is 1.15 bits per heavy atom. The van der Waals surface area contributed by atoms with Gasteiger partial charge in [-0.15, -0.1) is 0 Å². The number of aliphatic carboxylic acids is 2. The molecule has 2 saturated heterocycles. The third-order valence-corrected chi connectivity index (χ3v) is 4.95. The number of carboxylic acids is 2. The lowest BCUT2D eigenvalue weighted by atomic mass is 9.99. The van der Waals surface area contributed by atoms with Crippen molar-refractivity contribution in [3.8, 4) is 0 Å². The van der Waals surface area contributed by atoms with Crippen LogP contribution in [0.1, 0.15) is 51.4 Å². The van der Waals surface area contributed by atoms with Crippen LogP contribution < -0.4 is 0 Å². The van der Waals surface area contributed by atoms with E-state index in [4.69, 9.17) is 0 Å². The maximum Gasteiger partial charge on any atom is 0.332 e. The van der Waals surface area contributed by atoms with E-state index in [0.717, 1.165) is 38.5 Å². The zero-order valence-corrected chi connectivity index (χ0v) is 14.9. The van der Waals surface area contributed by atoms with Crippen LogP contribution in [0.15, 0.2) is 11.1 Å². The van der Waals surface area contributed by atoms with Crippen LogP contribution in [0.4, 0.5) is 0 Å². The third-order valence-electron chi connectivity index (χ3n) is 4.95. The van der Waals surface area contributed by atoms with E-state index in [0.29, 0.717) is 26.2 Å². The first-order chi connectivity index (χ1) is 12.4. The Kier molecular flexibility index (Phi) is 7.17. The Balaban J connectivity index is 2.16. The van der Waals surface area contributed by atoms with Crippen molar-refractivity contribution in [1.82, 2.24) is 9.80 Å². The standard InChI is InChI=1S/C18H26N2O6/c21-15(19-7-3-1-4-8-19)11-13(17(23)24)14(18(25)26)12-16(22)20-9-5-2-6-10-20/h1-12H2,(H,23,24)(H,25,26)/b14-13+. The predicted molar refractivity (Wildman–Crippen MR) is 92.4 cm³/mol. The maximum absolute atomic E-state index is 12.4. The fourth-order valence-electron chi connectivity index (χ4n) is 3.44. The lowest BCUT2D eigenvalue weighted by molar-refractivity contribution is -0.139. The van der Waals surface area contributed by atoms with Gasteiger partial charge in [-0.1, -0.05) is 0 Å². The summed E-state index contributed by atoms with van der Waals surface area (Å²) in [7, 11) is 0. The first kappa shape index (κ1) is 19.9. The summed E-state index contributed by atoms with van der Waals surface area (Å²) < 4.78 is 0. The summed E-state index contributed by atoms with van der Waals surface area (Å²) >= 11 is 0. The molecule has 2 aliphatic heterocycles. The number of likely N-dealkylation sites (tertiary alicyclic amines) is 2. The van der Waals surface area contributed by atoms with Crippen LogP contribution in [0.25, 0.3) is 0 Å². The molecule has 0 bridgehead atoms. The number of amides is 2. The van der Waals surface area contributed by atoms with Gasteiger partial charge in [0.1, 0.15) is 0 Å². The number of hydrogen-bond acceptors (Lipinski definition) is 4. The van der Waals surface area contributed by atoms with Gasteiger partial charge in [0.05, 0.1) is 24.0 Å². The van der Waals surface area contributed by atoms with Crippen LogP contribution in [-0.2, 0) is 19.2 Å². The normalized spacial score (nSPS) is 18.9. The van der Waals surface area contributed by atoms with E-state index in [1.807, 2.05) is 0 Å². The summed E-state index contributed by atoms with van der Waals surface area (Å²) in [6.45, 7) is 2.23. The highest BCUT2D eigenvalue weighted by molar-refractivity contribution is 6.05. The molecule has 2 aliphatic rings. The number of carboxylic acid groups (broad SMARTS) is 2. The highest BCUT2D eigenvalue weighted by Crippen LogP contribution is 2.20. The molecule has 8 heteroatoms. The second-order valence-electron chi connectivity index (χ2n) is 6.80. The van der Waals surface area contributed by atoms with Crippen molar-refractivity contribution in [2.24, 2.45) is 0 Å². The first-order valence-corrected chi connectivity index (χ1v) is 9.14. The average molecular weight is 366 g/mol. The minimum Gasteiger partial charge on any atom is -0.478 e. The fraction of sp³-hybridized carbons (Fsp3) is 0.667. The molecule has 0 aromatic carbocycles. The van der Waals surface area contributed by atoms with Gasteiger partial charge in [0.15, 0.2) is 0 Å². The van der Waals surface area contributed by atoms with Crippen molar-refractivity contribution in [1.29, 1.82) is 0 Å². The van der Waals surface area contributed by atoms with E-state index in [1.165, 1.54) is 0 Å². The molecule has 8 nitrogen and oxygen atoms in total. The van der Waals surface area contributed by atoms with Crippen molar-refractivity contribution in [3.05, 3.63) is 11.1 Å².